The number of hydrogen-bond acceptors (Lipinski definition) is 7. The highest BCUT2D eigenvalue weighted by molar-refractivity contribution is 6.01. The summed E-state index contributed by atoms with van der Waals surface area (Å²) in [5.41, 5.74) is 13.6. The van der Waals surface area contributed by atoms with Gasteiger partial charge in [0.05, 0.1) is 46.5 Å². The number of aromatic nitrogens is 7. The predicted molar refractivity (Wildman–Crippen MR) is 212 cm³/mol. The van der Waals surface area contributed by atoms with Gasteiger partial charge in [0.25, 0.3) is 11.8 Å². The van der Waals surface area contributed by atoms with Crippen molar-refractivity contribution in [2.45, 2.75) is 12.1 Å². The van der Waals surface area contributed by atoms with Gasteiger partial charge in [-0.2, -0.15) is 0 Å². The minimum atomic E-state index is -0.442. The van der Waals surface area contributed by atoms with Crippen LogP contribution in [-0.2, 0) is 0 Å². The number of fused-ring (bicyclic) bond motifs is 8. The second-order valence-corrected chi connectivity index (χ2v) is 13.9. The maximum absolute atomic E-state index is 14.1. The van der Waals surface area contributed by atoms with E-state index in [1.165, 1.54) is 6.20 Å². The van der Waals surface area contributed by atoms with Gasteiger partial charge in [-0.15, -0.1) is 0 Å². The number of hydrogen-bond donors (Lipinski definition) is 4. The van der Waals surface area contributed by atoms with Crippen LogP contribution < -0.4 is 10.6 Å². The number of rotatable bonds is 6. The maximum Gasteiger partial charge on any atom is 0.270 e. The molecular formula is C45H29N9O2. The van der Waals surface area contributed by atoms with E-state index in [1.807, 2.05) is 84.9 Å². The maximum atomic E-state index is 14.1. The first-order chi connectivity index (χ1) is 27.6. The highest BCUT2D eigenvalue weighted by atomic mass is 16.2. The van der Waals surface area contributed by atoms with Crippen molar-refractivity contribution < 1.29 is 9.59 Å². The monoisotopic (exact) mass is 727 g/mol. The first kappa shape index (κ1) is 31.7. The SMILES string of the molecule is O=C(NC1c2ccccc2-c2c(-c3nc4ccncc4[nH]3)cccc21)c1ccnc(C(=O)NC2c3ccccc3-c3c(-c4nc5ccncc5[nH]4)cccc32)c1. The Morgan fingerprint density at radius 2 is 1.02 bits per heavy atom. The van der Waals surface area contributed by atoms with Gasteiger partial charge in [0.1, 0.15) is 17.3 Å². The largest absolute Gasteiger partial charge is 0.341 e. The van der Waals surface area contributed by atoms with Crippen LogP contribution in [0.25, 0.3) is 67.1 Å². The van der Waals surface area contributed by atoms with Crippen molar-refractivity contribution >= 4 is 33.9 Å². The van der Waals surface area contributed by atoms with Crippen molar-refractivity contribution in [1.82, 2.24) is 45.5 Å². The highest BCUT2D eigenvalue weighted by Gasteiger charge is 2.34. The molecule has 266 valence electrons. The lowest BCUT2D eigenvalue weighted by Crippen LogP contribution is -2.30. The number of carbonyl (C=O) groups excluding carboxylic acids is 2. The van der Waals surface area contributed by atoms with Gasteiger partial charge in [0.2, 0.25) is 0 Å². The van der Waals surface area contributed by atoms with Crippen molar-refractivity contribution in [1.29, 1.82) is 0 Å². The van der Waals surface area contributed by atoms with Gasteiger partial charge >= 0.3 is 0 Å². The van der Waals surface area contributed by atoms with Gasteiger partial charge in [-0.05, 0) is 68.8 Å². The molecular weight excluding hydrogens is 699 g/mol. The van der Waals surface area contributed by atoms with Crippen LogP contribution in [0.4, 0.5) is 0 Å². The van der Waals surface area contributed by atoms with E-state index in [2.05, 4.69) is 47.7 Å². The zero-order valence-electron chi connectivity index (χ0n) is 29.5. The molecule has 0 aliphatic heterocycles. The van der Waals surface area contributed by atoms with E-state index < -0.39 is 18.0 Å². The zero-order chi connectivity index (χ0) is 37.3. The fourth-order valence-corrected chi connectivity index (χ4v) is 8.30. The summed E-state index contributed by atoms with van der Waals surface area (Å²) in [5, 5.41) is 6.48. The molecule has 4 N–H and O–H groups in total. The third-order valence-corrected chi connectivity index (χ3v) is 10.8. The van der Waals surface area contributed by atoms with Crippen LogP contribution in [0.1, 0.15) is 55.2 Å². The lowest BCUT2D eigenvalue weighted by molar-refractivity contribution is 0.0938. The molecule has 2 unspecified atom stereocenters. The molecule has 0 bridgehead atoms. The topological polar surface area (TPSA) is 154 Å². The summed E-state index contributed by atoms with van der Waals surface area (Å²) in [6.07, 6.45) is 8.47. The molecule has 56 heavy (non-hydrogen) atoms. The van der Waals surface area contributed by atoms with E-state index in [9.17, 15) is 9.59 Å². The second-order valence-electron chi connectivity index (χ2n) is 13.9. The van der Waals surface area contributed by atoms with Crippen molar-refractivity contribution in [3.05, 3.63) is 174 Å². The van der Waals surface area contributed by atoms with Crippen LogP contribution >= 0.6 is 0 Å². The van der Waals surface area contributed by atoms with Crippen molar-refractivity contribution in [2.24, 2.45) is 0 Å². The summed E-state index contributed by atoms with van der Waals surface area (Å²) < 4.78 is 0. The summed E-state index contributed by atoms with van der Waals surface area (Å²) in [7, 11) is 0. The lowest BCUT2D eigenvalue weighted by Gasteiger charge is -2.17. The van der Waals surface area contributed by atoms with Gasteiger partial charge in [-0.25, -0.2) is 9.97 Å². The van der Waals surface area contributed by atoms with E-state index in [0.717, 1.165) is 89.4 Å². The minimum absolute atomic E-state index is 0.137. The molecule has 11 rings (SSSR count). The number of nitrogens with one attached hydrogen (secondary N) is 4. The average Bonchev–Trinajstić information content (AvgIpc) is 4.03. The van der Waals surface area contributed by atoms with Gasteiger partial charge in [0, 0.05) is 35.3 Å². The van der Waals surface area contributed by atoms with Gasteiger partial charge in [-0.1, -0.05) is 84.9 Å². The Kier molecular flexibility index (Phi) is 7.01. The van der Waals surface area contributed by atoms with Crippen LogP contribution in [0.15, 0.2) is 140 Å². The number of nitrogens with zero attached hydrogens (tertiary/aromatic N) is 5. The quantitative estimate of drug-likeness (QED) is 0.136. The number of carbonyl (C=O) groups is 2. The van der Waals surface area contributed by atoms with Gasteiger partial charge < -0.3 is 20.6 Å². The molecule has 11 nitrogen and oxygen atoms in total. The molecule has 4 aromatic carbocycles. The average molecular weight is 728 g/mol. The second kappa shape index (κ2) is 12.4. The number of benzene rings is 4. The van der Waals surface area contributed by atoms with E-state index in [4.69, 9.17) is 9.97 Å². The van der Waals surface area contributed by atoms with Gasteiger partial charge in [-0.3, -0.25) is 24.5 Å². The van der Waals surface area contributed by atoms with Crippen molar-refractivity contribution in [3.63, 3.8) is 0 Å². The van der Waals surface area contributed by atoms with Crippen LogP contribution in [-0.4, -0.2) is 46.7 Å². The molecule has 0 fully saturated rings. The molecule has 2 amide bonds. The summed E-state index contributed by atoms with van der Waals surface area (Å²) in [4.78, 5) is 57.5. The van der Waals surface area contributed by atoms with Crippen molar-refractivity contribution in [2.75, 3.05) is 0 Å². The van der Waals surface area contributed by atoms with E-state index >= 15 is 0 Å². The molecule has 5 aromatic heterocycles. The number of imidazole rings is 2. The van der Waals surface area contributed by atoms with Crippen LogP contribution in [0.5, 0.6) is 0 Å². The smallest absolute Gasteiger partial charge is 0.270 e. The molecule has 0 saturated heterocycles. The zero-order valence-corrected chi connectivity index (χ0v) is 29.5. The Labute approximate surface area is 319 Å². The third-order valence-electron chi connectivity index (χ3n) is 10.8. The predicted octanol–water partition coefficient (Wildman–Crippen LogP) is 7.96. The fourth-order valence-electron chi connectivity index (χ4n) is 8.30. The summed E-state index contributed by atoms with van der Waals surface area (Å²) in [6, 6.07) is 34.3. The highest BCUT2D eigenvalue weighted by Crippen LogP contribution is 2.49. The molecule has 2 aliphatic carbocycles. The van der Waals surface area contributed by atoms with Crippen LogP contribution in [0.3, 0.4) is 0 Å². The number of H-pyrrole nitrogens is 2. The molecule has 11 heteroatoms. The van der Waals surface area contributed by atoms with Crippen molar-refractivity contribution in [3.8, 4) is 45.0 Å². The molecule has 2 aliphatic rings. The Morgan fingerprint density at radius 1 is 0.518 bits per heavy atom. The van der Waals surface area contributed by atoms with Crippen LogP contribution in [0.2, 0.25) is 0 Å². The number of pyridine rings is 3. The molecule has 5 heterocycles. The normalized spacial score (nSPS) is 14.9. The lowest BCUT2D eigenvalue weighted by atomic mass is 9.98. The standard InChI is InChI=1S/C45H29N9O2/c55-44(53-40-27-9-3-1-7-25(27)38-29(40)11-5-13-31(38)42-49-33-16-18-46-22-36(33)51-42)24-15-20-48-35(21-24)45(56)54-41-28-10-4-2-8-26(28)39-30(41)12-6-14-32(39)43-50-34-17-19-47-23-37(34)52-43/h1-23,40-41H,(H,49,51)(H,50,52)(H,53,55)(H,54,56). The summed E-state index contributed by atoms with van der Waals surface area (Å²) in [6.45, 7) is 0. The van der Waals surface area contributed by atoms with Crippen LogP contribution in [0, 0.1) is 0 Å². The van der Waals surface area contributed by atoms with E-state index in [1.54, 1.807) is 36.9 Å². The Morgan fingerprint density at radius 3 is 1.57 bits per heavy atom. The summed E-state index contributed by atoms with van der Waals surface area (Å²) >= 11 is 0. The third kappa shape index (κ3) is 4.94. The Balaban J connectivity index is 0.893. The molecule has 0 spiro atoms. The molecule has 9 aromatic rings. The summed E-state index contributed by atoms with van der Waals surface area (Å²) in [5.74, 6) is 0.737. The first-order valence-corrected chi connectivity index (χ1v) is 18.2. The fraction of sp³-hybridized carbons (Fsp3) is 0.0444. The number of aromatic amines is 2. The van der Waals surface area contributed by atoms with E-state index in [-0.39, 0.29) is 11.6 Å². The Hall–Kier alpha value is -7.79. The minimum Gasteiger partial charge on any atom is -0.341 e. The first-order valence-electron chi connectivity index (χ1n) is 18.2. The molecule has 0 saturated carbocycles. The number of amides is 2. The molecule has 2 atom stereocenters. The van der Waals surface area contributed by atoms with E-state index in [0.29, 0.717) is 5.56 Å². The Bertz CT molecular complexity index is 2810. The van der Waals surface area contributed by atoms with Gasteiger partial charge in [0.15, 0.2) is 0 Å². The molecule has 0 radical (unpaired) electrons.